The van der Waals surface area contributed by atoms with Gasteiger partial charge in [-0.15, -0.1) is 10.2 Å². The summed E-state index contributed by atoms with van der Waals surface area (Å²) < 4.78 is 18.2. The first-order chi connectivity index (χ1) is 20.9. The number of hydrogen-bond acceptors (Lipinski definition) is 10. The summed E-state index contributed by atoms with van der Waals surface area (Å²) in [4.78, 5) is 28.7. The second kappa shape index (κ2) is 13.9. The molecule has 1 unspecified atom stereocenters. The van der Waals surface area contributed by atoms with Crippen molar-refractivity contribution in [1.82, 2.24) is 10.2 Å². The number of unbranched alkanes of at least 4 members (excludes halogenated alkanes) is 2. The lowest BCUT2D eigenvalue weighted by molar-refractivity contribution is -0.117. The molecule has 5 rings (SSSR count). The molecule has 0 spiro atoms. The number of ether oxygens (including phenoxy) is 2. The fraction of sp³-hybridized carbons (Fsp3) is 0.312. The number of Topliss-reactive ketones (excluding diaryl/α,β-unsaturated/α-hetero) is 1. The van der Waals surface area contributed by atoms with E-state index in [4.69, 9.17) is 13.9 Å². The van der Waals surface area contributed by atoms with Gasteiger partial charge in [0.2, 0.25) is 10.9 Å². The van der Waals surface area contributed by atoms with Crippen LogP contribution in [0.5, 0.6) is 11.5 Å². The lowest BCUT2D eigenvalue weighted by Crippen LogP contribution is -2.31. The maximum absolute atomic E-state index is 13.7. The number of aliphatic hydroxyl groups excluding tert-OH is 1. The molecular weight excluding hydrogens is 587 g/mol. The van der Waals surface area contributed by atoms with Gasteiger partial charge in [-0.2, -0.15) is 0 Å². The van der Waals surface area contributed by atoms with Crippen molar-refractivity contribution in [2.45, 2.75) is 56.2 Å². The zero-order chi connectivity index (χ0) is 30.3. The van der Waals surface area contributed by atoms with Crippen molar-refractivity contribution in [3.05, 3.63) is 94.6 Å². The van der Waals surface area contributed by atoms with Crippen LogP contribution in [0.25, 0.3) is 0 Å². The molecule has 3 heterocycles. The van der Waals surface area contributed by atoms with Crippen molar-refractivity contribution >= 4 is 39.9 Å². The molecule has 1 N–H and O–H groups in total. The number of rotatable bonds is 14. The van der Waals surface area contributed by atoms with Crippen LogP contribution < -0.4 is 14.4 Å². The molecular formula is C32H33N3O6S2. The number of nitrogens with zero attached hydrogens (tertiary/aromatic N) is 3. The van der Waals surface area contributed by atoms with Crippen molar-refractivity contribution in [1.29, 1.82) is 0 Å². The van der Waals surface area contributed by atoms with Crippen LogP contribution in [-0.2, 0) is 10.5 Å². The maximum Gasteiger partial charge on any atom is 0.296 e. The second-order valence-corrected chi connectivity index (χ2v) is 12.1. The summed E-state index contributed by atoms with van der Waals surface area (Å²) in [7, 11) is 0. The van der Waals surface area contributed by atoms with E-state index in [1.54, 1.807) is 31.2 Å². The lowest BCUT2D eigenvalue weighted by Gasteiger charge is -2.25. The zero-order valence-corrected chi connectivity index (χ0v) is 25.9. The SMILES string of the molecule is CCCCCOc1ccc(C2C(C(=O)c3ccc(C)o3)=C(O)C(=O)N2c2nnc(SCc3ccccc3)s2)cc1OCC. The number of ketones is 1. The molecule has 0 aliphatic carbocycles. The molecule has 9 nitrogen and oxygen atoms in total. The minimum absolute atomic E-state index is 0.0241. The number of aryl methyl sites for hydroxylation is 1. The van der Waals surface area contributed by atoms with Crippen LogP contribution >= 0.6 is 23.1 Å². The molecule has 1 amide bonds. The van der Waals surface area contributed by atoms with Gasteiger partial charge in [-0.1, -0.05) is 79.3 Å². The quantitative estimate of drug-likeness (QED) is 0.0664. The van der Waals surface area contributed by atoms with Crippen LogP contribution in [0.1, 0.15) is 66.6 Å². The number of carbonyl (C=O) groups excluding carboxylic acids is 2. The van der Waals surface area contributed by atoms with E-state index < -0.39 is 23.5 Å². The van der Waals surface area contributed by atoms with Crippen LogP contribution in [0, 0.1) is 6.92 Å². The Hall–Kier alpha value is -4.09. The molecule has 1 aliphatic rings. The topological polar surface area (TPSA) is 115 Å². The number of anilines is 1. The van der Waals surface area contributed by atoms with E-state index in [9.17, 15) is 14.7 Å². The molecule has 0 bridgehead atoms. The molecule has 0 radical (unpaired) electrons. The third-order valence-electron chi connectivity index (χ3n) is 6.81. The van der Waals surface area contributed by atoms with E-state index in [0.29, 0.717) is 46.1 Å². The van der Waals surface area contributed by atoms with Gasteiger partial charge in [-0.3, -0.25) is 14.5 Å². The first kappa shape index (κ1) is 30.4. The molecule has 4 aromatic rings. The molecule has 2 aromatic heterocycles. The van der Waals surface area contributed by atoms with Crippen molar-refractivity contribution in [3.63, 3.8) is 0 Å². The smallest absolute Gasteiger partial charge is 0.296 e. The average molecular weight is 620 g/mol. The Balaban J connectivity index is 1.51. The number of carbonyl (C=O) groups is 2. The van der Waals surface area contributed by atoms with E-state index in [1.807, 2.05) is 37.3 Å². The number of amides is 1. The van der Waals surface area contributed by atoms with Crippen LogP contribution in [0.4, 0.5) is 5.13 Å². The fourth-order valence-corrected chi connectivity index (χ4v) is 6.56. The summed E-state index contributed by atoms with van der Waals surface area (Å²) in [5.74, 6) is 0.288. The molecule has 0 saturated carbocycles. The summed E-state index contributed by atoms with van der Waals surface area (Å²) >= 11 is 2.71. The van der Waals surface area contributed by atoms with Crippen LogP contribution in [0.15, 0.2) is 80.8 Å². The van der Waals surface area contributed by atoms with Gasteiger partial charge in [0.25, 0.3) is 5.91 Å². The second-order valence-electron chi connectivity index (χ2n) is 9.90. The zero-order valence-electron chi connectivity index (χ0n) is 24.2. The molecule has 2 aromatic carbocycles. The van der Waals surface area contributed by atoms with E-state index in [-0.39, 0.29) is 16.5 Å². The summed E-state index contributed by atoms with van der Waals surface area (Å²) in [6.07, 6.45) is 3.04. The number of benzene rings is 2. The molecule has 1 aliphatic heterocycles. The molecule has 224 valence electrons. The third kappa shape index (κ3) is 6.78. The molecule has 43 heavy (non-hydrogen) atoms. The van der Waals surface area contributed by atoms with Gasteiger partial charge in [0.15, 0.2) is 27.4 Å². The Labute approximate surface area is 258 Å². The van der Waals surface area contributed by atoms with Gasteiger partial charge in [-0.05, 0) is 55.7 Å². The minimum atomic E-state index is -1.00. The van der Waals surface area contributed by atoms with E-state index >= 15 is 0 Å². The largest absolute Gasteiger partial charge is 0.503 e. The highest BCUT2D eigenvalue weighted by Crippen LogP contribution is 2.45. The normalized spacial score (nSPS) is 14.9. The standard InChI is InChI=1S/C32H33N3O6S2/c1-4-6-10-17-40-23-16-14-22(18-25(23)39-5-2)27-26(28(36)24-15-13-20(3)41-24)29(37)30(38)35(27)31-33-34-32(43-31)42-19-21-11-8-7-9-12-21/h7-9,11-16,18,27,37H,4-6,10,17,19H2,1-3H3. The Kier molecular flexibility index (Phi) is 9.83. The van der Waals surface area contributed by atoms with Crippen molar-refractivity contribution in [3.8, 4) is 11.5 Å². The maximum atomic E-state index is 13.7. The molecule has 0 fully saturated rings. The molecule has 0 saturated heterocycles. The average Bonchev–Trinajstić information content (AvgIpc) is 3.73. The molecule has 1 atom stereocenters. The Bertz CT molecular complexity index is 1610. The van der Waals surface area contributed by atoms with Crippen molar-refractivity contribution < 1.29 is 28.6 Å². The van der Waals surface area contributed by atoms with Crippen molar-refractivity contribution in [2.24, 2.45) is 0 Å². The first-order valence-electron chi connectivity index (χ1n) is 14.2. The highest BCUT2D eigenvalue weighted by molar-refractivity contribution is 8.00. The van der Waals surface area contributed by atoms with Gasteiger partial charge >= 0.3 is 0 Å². The Morgan fingerprint density at radius 3 is 2.58 bits per heavy atom. The number of thioether (sulfide) groups is 1. The molecule has 11 heteroatoms. The predicted molar refractivity (Wildman–Crippen MR) is 166 cm³/mol. The number of hydrogen-bond donors (Lipinski definition) is 1. The van der Waals surface area contributed by atoms with Gasteiger partial charge in [0.1, 0.15) is 5.76 Å². The summed E-state index contributed by atoms with van der Waals surface area (Å²) in [6.45, 7) is 6.65. The predicted octanol–water partition coefficient (Wildman–Crippen LogP) is 7.48. The number of aromatic nitrogens is 2. The Morgan fingerprint density at radius 1 is 1.05 bits per heavy atom. The number of aliphatic hydroxyl groups is 1. The van der Waals surface area contributed by atoms with Crippen LogP contribution in [0.3, 0.4) is 0 Å². The van der Waals surface area contributed by atoms with Crippen LogP contribution in [0.2, 0.25) is 0 Å². The van der Waals surface area contributed by atoms with Gasteiger partial charge in [0, 0.05) is 5.75 Å². The monoisotopic (exact) mass is 619 g/mol. The van der Waals surface area contributed by atoms with E-state index in [0.717, 1.165) is 24.8 Å². The summed E-state index contributed by atoms with van der Waals surface area (Å²) in [5, 5.41) is 20.0. The summed E-state index contributed by atoms with van der Waals surface area (Å²) in [6, 6.07) is 17.4. The number of furan rings is 1. The first-order valence-corrected chi connectivity index (χ1v) is 16.0. The van der Waals surface area contributed by atoms with Crippen molar-refractivity contribution in [2.75, 3.05) is 18.1 Å². The van der Waals surface area contributed by atoms with Crippen LogP contribution in [-0.4, -0.2) is 40.2 Å². The third-order valence-corrected chi connectivity index (χ3v) is 8.94. The van der Waals surface area contributed by atoms with Gasteiger partial charge in [0.05, 0.1) is 24.8 Å². The highest BCUT2D eigenvalue weighted by atomic mass is 32.2. The van der Waals surface area contributed by atoms with E-state index in [1.165, 1.54) is 34.1 Å². The Morgan fingerprint density at radius 2 is 1.86 bits per heavy atom. The minimum Gasteiger partial charge on any atom is -0.503 e. The summed E-state index contributed by atoms with van der Waals surface area (Å²) in [5.41, 5.74) is 1.56. The van der Waals surface area contributed by atoms with E-state index in [2.05, 4.69) is 17.1 Å². The highest BCUT2D eigenvalue weighted by Gasteiger charge is 2.47. The lowest BCUT2D eigenvalue weighted by atomic mass is 9.95. The fourth-order valence-electron chi connectivity index (χ4n) is 4.73. The van der Waals surface area contributed by atoms with Gasteiger partial charge < -0.3 is 19.0 Å². The van der Waals surface area contributed by atoms with Gasteiger partial charge in [-0.25, -0.2) is 0 Å².